The highest BCUT2D eigenvalue weighted by atomic mass is 35.5. The molecule has 3 aromatic heterocycles. The van der Waals surface area contributed by atoms with Gasteiger partial charge >= 0.3 is 6.18 Å². The fourth-order valence-corrected chi connectivity index (χ4v) is 3.59. The lowest BCUT2D eigenvalue weighted by molar-refractivity contribution is -0.141. The Bertz CT molecular complexity index is 1460. The molecule has 4 N–H and O–H groups in total. The zero-order valence-electron chi connectivity index (χ0n) is 18.3. The van der Waals surface area contributed by atoms with Crippen LogP contribution in [0.15, 0.2) is 43.0 Å². The fraction of sp³-hybridized carbons (Fsp3) is 0.190. The quantitative estimate of drug-likeness (QED) is 0.237. The van der Waals surface area contributed by atoms with Crippen LogP contribution in [-0.2, 0) is 17.6 Å². The van der Waals surface area contributed by atoms with Crippen LogP contribution in [0.25, 0.3) is 16.9 Å². The summed E-state index contributed by atoms with van der Waals surface area (Å²) in [4.78, 5) is 25.5. The molecule has 0 aliphatic rings. The van der Waals surface area contributed by atoms with E-state index in [-0.39, 0.29) is 53.0 Å². The van der Waals surface area contributed by atoms with E-state index in [1.165, 1.54) is 35.1 Å². The van der Waals surface area contributed by atoms with Crippen molar-refractivity contribution in [2.75, 3.05) is 18.5 Å². The first-order valence-corrected chi connectivity index (χ1v) is 10.6. The van der Waals surface area contributed by atoms with Crippen LogP contribution >= 0.6 is 11.6 Å². The maximum Gasteiger partial charge on any atom is 0.435 e. The minimum atomic E-state index is -4.74. The van der Waals surface area contributed by atoms with Crippen molar-refractivity contribution in [3.8, 4) is 17.3 Å². The van der Waals surface area contributed by atoms with Gasteiger partial charge in [-0.25, -0.2) is 15.4 Å². The smallest absolute Gasteiger partial charge is 0.337 e. The number of alkyl halides is 3. The zero-order valence-corrected chi connectivity index (χ0v) is 19.0. The minimum absolute atomic E-state index is 0.106. The number of imidazole rings is 1. The summed E-state index contributed by atoms with van der Waals surface area (Å²) < 4.78 is 43.2. The van der Waals surface area contributed by atoms with E-state index < -0.39 is 17.8 Å². The summed E-state index contributed by atoms with van der Waals surface area (Å²) in [7, 11) is 0. The molecule has 15 heteroatoms. The number of aromatic nitrogens is 5. The number of halogens is 4. The number of hydroxylamine groups is 1. The van der Waals surface area contributed by atoms with Gasteiger partial charge in [0.25, 0.3) is 5.91 Å². The third kappa shape index (κ3) is 5.08. The largest absolute Gasteiger partial charge is 0.435 e. The van der Waals surface area contributed by atoms with Gasteiger partial charge in [0.15, 0.2) is 17.2 Å². The maximum absolute atomic E-state index is 13.6. The molecule has 0 saturated carbocycles. The van der Waals surface area contributed by atoms with Crippen molar-refractivity contribution in [3.63, 3.8) is 0 Å². The molecule has 0 fully saturated rings. The molecular weight excluding hydrogens is 503 g/mol. The lowest BCUT2D eigenvalue weighted by atomic mass is 10.2. The number of carbonyl (C=O) groups is 1. The third-order valence-corrected chi connectivity index (χ3v) is 5.14. The van der Waals surface area contributed by atoms with Gasteiger partial charge in [-0.3, -0.25) is 18.7 Å². The highest BCUT2D eigenvalue weighted by molar-refractivity contribution is 6.34. The summed E-state index contributed by atoms with van der Waals surface area (Å²) in [6.45, 7) is 0.0152. The lowest BCUT2D eigenvalue weighted by Crippen LogP contribution is -2.26. The second-order valence-electron chi connectivity index (χ2n) is 7.25. The molecule has 0 aliphatic heterocycles. The number of hydrogen-bond donors (Lipinski definition) is 3. The van der Waals surface area contributed by atoms with Crippen LogP contribution in [-0.4, -0.2) is 43.2 Å². The Morgan fingerprint density at radius 2 is 2.11 bits per heavy atom. The molecule has 0 spiro atoms. The van der Waals surface area contributed by atoms with Crippen molar-refractivity contribution in [2.24, 2.45) is 5.73 Å². The predicted molar refractivity (Wildman–Crippen MR) is 122 cm³/mol. The number of anilines is 2. The number of nitrogens with one attached hydrogen (secondary N) is 2. The number of nitrogens with two attached hydrogens (primary N) is 1. The summed E-state index contributed by atoms with van der Waals surface area (Å²) in [5.41, 5.74) is 7.08. The predicted octanol–water partition coefficient (Wildman–Crippen LogP) is 3.15. The second-order valence-corrected chi connectivity index (χ2v) is 7.65. The molecule has 0 aliphatic carbocycles. The molecule has 0 atom stereocenters. The van der Waals surface area contributed by atoms with Gasteiger partial charge in [-0.2, -0.15) is 23.5 Å². The highest BCUT2D eigenvalue weighted by Gasteiger charge is 2.38. The van der Waals surface area contributed by atoms with Gasteiger partial charge in [0.1, 0.15) is 6.54 Å². The number of hydrogen-bond acceptors (Lipinski definition) is 8. The molecule has 0 radical (unpaired) electrons. The minimum Gasteiger partial charge on any atom is -0.337 e. The summed E-state index contributed by atoms with van der Waals surface area (Å²) in [5.74, 6) is -0.336. The van der Waals surface area contributed by atoms with Crippen molar-refractivity contribution in [1.82, 2.24) is 29.6 Å². The van der Waals surface area contributed by atoms with Crippen molar-refractivity contribution < 1.29 is 22.8 Å². The molecule has 1 aromatic carbocycles. The Balaban J connectivity index is 1.65. The van der Waals surface area contributed by atoms with Crippen molar-refractivity contribution in [2.45, 2.75) is 12.7 Å². The summed E-state index contributed by atoms with van der Waals surface area (Å²) in [5, 5.41) is 15.5. The molecule has 0 bridgehead atoms. The zero-order chi connectivity index (χ0) is 25.9. The molecule has 3 heterocycles. The molecule has 4 aromatic rings. The van der Waals surface area contributed by atoms with E-state index in [2.05, 4.69) is 25.9 Å². The van der Waals surface area contributed by atoms with Gasteiger partial charge in [0, 0.05) is 30.8 Å². The molecule has 0 unspecified atom stereocenters. The van der Waals surface area contributed by atoms with Crippen molar-refractivity contribution in [1.29, 1.82) is 5.26 Å². The average molecular weight is 520 g/mol. The van der Waals surface area contributed by atoms with E-state index in [9.17, 15) is 18.0 Å². The lowest BCUT2D eigenvalue weighted by Gasteiger charge is -2.11. The number of nitrogens with zero attached hydrogens (tertiary/aromatic N) is 6. The first-order valence-electron chi connectivity index (χ1n) is 10.3. The van der Waals surface area contributed by atoms with Crippen LogP contribution < -0.4 is 16.5 Å². The van der Waals surface area contributed by atoms with Gasteiger partial charge < -0.3 is 11.1 Å². The maximum atomic E-state index is 13.6. The van der Waals surface area contributed by atoms with E-state index in [0.717, 1.165) is 10.9 Å². The van der Waals surface area contributed by atoms with E-state index in [1.54, 1.807) is 12.1 Å². The molecular formula is C21H17ClF3N9O2. The van der Waals surface area contributed by atoms with E-state index >= 15 is 0 Å². The SMILES string of the molecule is N#CCn1cc(-c2cnc3c(Nc4ccc(C(=O)NOCCN)c(Cl)c4)nccn23)c(C(F)(F)F)n1. The molecule has 1 amide bonds. The van der Waals surface area contributed by atoms with Crippen molar-refractivity contribution in [3.05, 3.63) is 59.3 Å². The second kappa shape index (κ2) is 10.2. The van der Waals surface area contributed by atoms with E-state index in [1.807, 2.05) is 0 Å². The summed E-state index contributed by atoms with van der Waals surface area (Å²) >= 11 is 6.23. The third-order valence-electron chi connectivity index (χ3n) is 4.83. The standard InChI is InChI=1S/C21H17ClF3N9O2/c22-15-9-12(1-2-13(15)20(35)32-36-8-4-27)30-18-19-29-10-16(34(19)7-5-28-18)14-11-33(6-3-26)31-17(14)21(23,24)25/h1-2,5,7,9-11H,4,6,8,27H2,(H,28,30)(H,32,35). The Morgan fingerprint density at radius 1 is 1.31 bits per heavy atom. The van der Waals surface area contributed by atoms with Crippen LogP contribution in [0.5, 0.6) is 0 Å². The van der Waals surface area contributed by atoms with Crippen molar-refractivity contribution >= 4 is 34.7 Å². The average Bonchev–Trinajstić information content (AvgIpc) is 3.44. The van der Waals surface area contributed by atoms with Gasteiger partial charge in [-0.1, -0.05) is 11.6 Å². The highest BCUT2D eigenvalue weighted by Crippen LogP contribution is 2.37. The topological polar surface area (TPSA) is 148 Å². The number of benzene rings is 1. The van der Waals surface area contributed by atoms with Crippen LogP contribution in [0.4, 0.5) is 24.7 Å². The molecule has 0 saturated heterocycles. The first-order chi connectivity index (χ1) is 17.2. The van der Waals surface area contributed by atoms with Gasteiger partial charge in [-0.15, -0.1) is 0 Å². The Hall–Kier alpha value is -4.19. The number of nitriles is 1. The number of rotatable bonds is 8. The normalized spacial score (nSPS) is 11.4. The molecule has 4 rings (SSSR count). The van der Waals surface area contributed by atoms with E-state index in [0.29, 0.717) is 5.69 Å². The summed E-state index contributed by atoms with van der Waals surface area (Å²) in [6.07, 6.45) is 0.489. The molecule has 186 valence electrons. The summed E-state index contributed by atoms with van der Waals surface area (Å²) in [6, 6.07) is 6.26. The van der Waals surface area contributed by atoms with Crippen LogP contribution in [0.1, 0.15) is 16.1 Å². The molecule has 36 heavy (non-hydrogen) atoms. The van der Waals surface area contributed by atoms with Crippen LogP contribution in [0.2, 0.25) is 5.02 Å². The Morgan fingerprint density at radius 3 is 2.81 bits per heavy atom. The monoisotopic (exact) mass is 519 g/mol. The number of fused-ring (bicyclic) bond motifs is 1. The fourth-order valence-electron chi connectivity index (χ4n) is 3.32. The number of amides is 1. The first kappa shape index (κ1) is 24.9. The van der Waals surface area contributed by atoms with Gasteiger partial charge in [0.2, 0.25) is 0 Å². The van der Waals surface area contributed by atoms with Gasteiger partial charge in [-0.05, 0) is 18.2 Å². The number of carbonyl (C=O) groups excluding carboxylic acids is 1. The Labute approximate surface area is 206 Å². The Kier molecular flexibility index (Phi) is 7.06. The van der Waals surface area contributed by atoms with Crippen LogP contribution in [0, 0.1) is 11.3 Å². The molecule has 11 nitrogen and oxygen atoms in total. The van der Waals surface area contributed by atoms with Gasteiger partial charge in [0.05, 0.1) is 40.7 Å². The van der Waals surface area contributed by atoms with Crippen LogP contribution in [0.3, 0.4) is 0 Å². The van der Waals surface area contributed by atoms with E-state index in [4.69, 9.17) is 27.4 Å².